The molecule has 0 aromatic carbocycles. The third-order valence-corrected chi connectivity index (χ3v) is 3.18. The number of hydrogen-bond donors (Lipinski definition) is 1. The molecule has 1 aromatic rings. The maximum atomic E-state index is 11.4. The molecule has 0 saturated heterocycles. The van der Waals surface area contributed by atoms with E-state index in [-0.39, 0.29) is 11.3 Å². The first-order valence-electron chi connectivity index (χ1n) is 4.63. The number of furan rings is 1. The van der Waals surface area contributed by atoms with Gasteiger partial charge in [0.1, 0.15) is 0 Å². The summed E-state index contributed by atoms with van der Waals surface area (Å²) >= 11 is 5.79. The minimum atomic E-state index is -0.161. The summed E-state index contributed by atoms with van der Waals surface area (Å²) in [4.78, 5) is 11.4. The van der Waals surface area contributed by atoms with E-state index in [4.69, 9.17) is 16.0 Å². The van der Waals surface area contributed by atoms with Crippen molar-refractivity contribution in [1.82, 2.24) is 5.32 Å². The van der Waals surface area contributed by atoms with Crippen LogP contribution in [0.4, 0.5) is 0 Å². The van der Waals surface area contributed by atoms with Crippen molar-refractivity contribution in [3.05, 3.63) is 24.2 Å². The first-order valence-corrected chi connectivity index (χ1v) is 5.17. The molecule has 1 heterocycles. The number of nitrogens with one attached hydrogen (secondary N) is 1. The van der Waals surface area contributed by atoms with E-state index in [9.17, 15) is 4.79 Å². The zero-order valence-corrected chi connectivity index (χ0v) is 8.51. The Bertz CT molecular complexity index is 317. The molecule has 1 saturated carbocycles. The van der Waals surface area contributed by atoms with Crippen molar-refractivity contribution in [2.24, 2.45) is 5.41 Å². The van der Waals surface area contributed by atoms with Crippen LogP contribution in [0.2, 0.25) is 0 Å². The molecule has 3 nitrogen and oxygen atoms in total. The van der Waals surface area contributed by atoms with Crippen LogP contribution in [0.1, 0.15) is 23.4 Å². The molecule has 0 bridgehead atoms. The maximum Gasteiger partial charge on any atom is 0.286 e. The van der Waals surface area contributed by atoms with Gasteiger partial charge in [0.15, 0.2) is 5.76 Å². The van der Waals surface area contributed by atoms with Crippen molar-refractivity contribution in [3.8, 4) is 0 Å². The fraction of sp³-hybridized carbons (Fsp3) is 0.500. The third kappa shape index (κ3) is 1.93. The highest BCUT2D eigenvalue weighted by molar-refractivity contribution is 6.18. The Morgan fingerprint density at radius 1 is 1.64 bits per heavy atom. The average molecular weight is 214 g/mol. The van der Waals surface area contributed by atoms with Crippen LogP contribution >= 0.6 is 11.6 Å². The number of hydrogen-bond acceptors (Lipinski definition) is 2. The van der Waals surface area contributed by atoms with Gasteiger partial charge in [-0.05, 0) is 25.0 Å². The van der Waals surface area contributed by atoms with Gasteiger partial charge < -0.3 is 9.73 Å². The molecule has 14 heavy (non-hydrogen) atoms. The molecule has 0 spiro atoms. The summed E-state index contributed by atoms with van der Waals surface area (Å²) in [6.45, 7) is 0.649. The van der Waals surface area contributed by atoms with E-state index in [0.29, 0.717) is 18.2 Å². The maximum absolute atomic E-state index is 11.4. The number of alkyl halides is 1. The van der Waals surface area contributed by atoms with Crippen molar-refractivity contribution in [2.75, 3.05) is 12.4 Å². The average Bonchev–Trinajstić information content (AvgIpc) is 2.78. The fourth-order valence-electron chi connectivity index (χ4n) is 1.30. The minimum Gasteiger partial charge on any atom is -0.459 e. The van der Waals surface area contributed by atoms with E-state index in [1.54, 1.807) is 12.1 Å². The summed E-state index contributed by atoms with van der Waals surface area (Å²) in [6, 6.07) is 3.35. The van der Waals surface area contributed by atoms with Crippen LogP contribution in [0.15, 0.2) is 22.8 Å². The molecule has 4 heteroatoms. The zero-order chi connectivity index (χ0) is 10.0. The molecular weight excluding hydrogens is 202 g/mol. The lowest BCUT2D eigenvalue weighted by Crippen LogP contribution is -2.30. The Kier molecular flexibility index (Phi) is 2.50. The van der Waals surface area contributed by atoms with Gasteiger partial charge in [-0.3, -0.25) is 4.79 Å². The number of amides is 1. The van der Waals surface area contributed by atoms with Gasteiger partial charge in [-0.25, -0.2) is 0 Å². The molecule has 2 rings (SSSR count). The van der Waals surface area contributed by atoms with Crippen LogP contribution in [-0.2, 0) is 0 Å². The molecule has 76 valence electrons. The summed E-state index contributed by atoms with van der Waals surface area (Å²) in [6.07, 6.45) is 3.70. The Morgan fingerprint density at radius 3 is 2.93 bits per heavy atom. The molecule has 0 atom stereocenters. The van der Waals surface area contributed by atoms with Crippen LogP contribution in [-0.4, -0.2) is 18.3 Å². The molecule has 1 fully saturated rings. The largest absolute Gasteiger partial charge is 0.459 e. The van der Waals surface area contributed by atoms with Gasteiger partial charge in [-0.15, -0.1) is 11.6 Å². The molecular formula is C10H12ClNO2. The number of rotatable bonds is 4. The van der Waals surface area contributed by atoms with E-state index in [1.807, 2.05) is 0 Å². The highest BCUT2D eigenvalue weighted by atomic mass is 35.5. The van der Waals surface area contributed by atoms with E-state index in [1.165, 1.54) is 6.26 Å². The van der Waals surface area contributed by atoms with Crippen molar-refractivity contribution < 1.29 is 9.21 Å². The molecule has 1 amide bonds. The number of halogens is 1. The first kappa shape index (κ1) is 9.59. The van der Waals surface area contributed by atoms with Gasteiger partial charge in [0.05, 0.1) is 6.26 Å². The summed E-state index contributed by atoms with van der Waals surface area (Å²) < 4.78 is 4.97. The molecule has 1 aliphatic rings. The van der Waals surface area contributed by atoms with E-state index < -0.39 is 0 Å². The normalized spacial score (nSPS) is 17.8. The van der Waals surface area contributed by atoms with Crippen molar-refractivity contribution in [1.29, 1.82) is 0 Å². The Labute approximate surface area is 87.4 Å². The highest BCUT2D eigenvalue weighted by Crippen LogP contribution is 2.45. The van der Waals surface area contributed by atoms with E-state index >= 15 is 0 Å². The minimum absolute atomic E-state index is 0.157. The molecule has 0 unspecified atom stereocenters. The molecule has 0 aliphatic heterocycles. The number of carbonyl (C=O) groups excluding carboxylic acids is 1. The van der Waals surface area contributed by atoms with Crippen LogP contribution in [0.3, 0.4) is 0 Å². The van der Waals surface area contributed by atoms with Gasteiger partial charge in [0, 0.05) is 17.8 Å². The van der Waals surface area contributed by atoms with Crippen LogP contribution in [0, 0.1) is 5.41 Å². The predicted molar refractivity (Wildman–Crippen MR) is 53.4 cm³/mol. The molecule has 1 N–H and O–H groups in total. The third-order valence-electron chi connectivity index (χ3n) is 2.61. The number of carbonyl (C=O) groups is 1. The van der Waals surface area contributed by atoms with Gasteiger partial charge in [0.25, 0.3) is 5.91 Å². The van der Waals surface area contributed by atoms with E-state index in [2.05, 4.69) is 5.32 Å². The Morgan fingerprint density at radius 2 is 2.43 bits per heavy atom. The van der Waals surface area contributed by atoms with Crippen molar-refractivity contribution in [3.63, 3.8) is 0 Å². The van der Waals surface area contributed by atoms with Crippen molar-refractivity contribution >= 4 is 17.5 Å². The fourth-order valence-corrected chi connectivity index (χ4v) is 1.66. The van der Waals surface area contributed by atoms with Gasteiger partial charge in [0.2, 0.25) is 0 Å². The lowest BCUT2D eigenvalue weighted by atomic mass is 10.1. The summed E-state index contributed by atoms with van der Waals surface area (Å²) in [5.41, 5.74) is 0.157. The monoisotopic (exact) mass is 213 g/mol. The van der Waals surface area contributed by atoms with Gasteiger partial charge in [-0.2, -0.15) is 0 Å². The quantitative estimate of drug-likeness (QED) is 0.778. The highest BCUT2D eigenvalue weighted by Gasteiger charge is 2.41. The summed E-state index contributed by atoms with van der Waals surface area (Å²) in [5.74, 6) is 0.813. The molecule has 1 aliphatic carbocycles. The second kappa shape index (κ2) is 3.65. The SMILES string of the molecule is O=C(NCC1(CCl)CC1)c1ccco1. The first-order chi connectivity index (χ1) is 6.76. The Balaban J connectivity index is 1.84. The standard InChI is InChI=1S/C10H12ClNO2/c11-6-10(3-4-10)7-12-9(13)8-2-1-5-14-8/h1-2,5H,3-4,6-7H2,(H,12,13). The molecule has 0 radical (unpaired) electrons. The lowest BCUT2D eigenvalue weighted by molar-refractivity contribution is 0.0918. The smallest absolute Gasteiger partial charge is 0.286 e. The summed E-state index contributed by atoms with van der Waals surface area (Å²) in [5, 5.41) is 2.82. The van der Waals surface area contributed by atoms with Crippen LogP contribution < -0.4 is 5.32 Å². The van der Waals surface area contributed by atoms with Crippen molar-refractivity contribution in [2.45, 2.75) is 12.8 Å². The topological polar surface area (TPSA) is 42.2 Å². The second-order valence-corrected chi connectivity index (χ2v) is 4.06. The Hall–Kier alpha value is -0.960. The zero-order valence-electron chi connectivity index (χ0n) is 7.75. The van der Waals surface area contributed by atoms with Gasteiger partial charge in [-0.1, -0.05) is 0 Å². The van der Waals surface area contributed by atoms with Crippen LogP contribution in [0.25, 0.3) is 0 Å². The summed E-state index contributed by atoms with van der Waals surface area (Å²) in [7, 11) is 0. The second-order valence-electron chi connectivity index (χ2n) is 3.79. The predicted octanol–water partition coefficient (Wildman–Crippen LogP) is 2.03. The van der Waals surface area contributed by atoms with Crippen LogP contribution in [0.5, 0.6) is 0 Å². The lowest BCUT2D eigenvalue weighted by Gasteiger charge is -2.10. The van der Waals surface area contributed by atoms with E-state index in [0.717, 1.165) is 12.8 Å². The van der Waals surface area contributed by atoms with Gasteiger partial charge >= 0.3 is 0 Å². The molecule has 1 aromatic heterocycles.